The molecule has 110 valence electrons. The molecular weight excluding hydrogens is 274 g/mol. The van der Waals surface area contributed by atoms with E-state index >= 15 is 0 Å². The van der Waals surface area contributed by atoms with E-state index in [1.807, 2.05) is 66.7 Å². The van der Waals surface area contributed by atoms with Gasteiger partial charge < -0.3 is 4.74 Å². The SMILES string of the molecule is O=COC(NCc1ccccc1)c1ccc2ccccc2c1. The minimum atomic E-state index is -0.456. The topological polar surface area (TPSA) is 38.3 Å². The van der Waals surface area contributed by atoms with Crippen LogP contribution in [0.15, 0.2) is 72.8 Å². The van der Waals surface area contributed by atoms with Gasteiger partial charge in [-0.05, 0) is 22.4 Å². The third-order valence-corrected chi connectivity index (χ3v) is 3.60. The monoisotopic (exact) mass is 291 g/mol. The summed E-state index contributed by atoms with van der Waals surface area (Å²) in [4.78, 5) is 10.8. The molecule has 0 amide bonds. The number of nitrogens with one attached hydrogen (secondary N) is 1. The van der Waals surface area contributed by atoms with Gasteiger partial charge in [-0.3, -0.25) is 10.1 Å². The van der Waals surface area contributed by atoms with E-state index < -0.39 is 6.23 Å². The van der Waals surface area contributed by atoms with Crippen LogP contribution in [0.3, 0.4) is 0 Å². The third-order valence-electron chi connectivity index (χ3n) is 3.60. The highest BCUT2D eigenvalue weighted by Crippen LogP contribution is 2.21. The summed E-state index contributed by atoms with van der Waals surface area (Å²) in [6, 6.07) is 24.2. The zero-order chi connectivity index (χ0) is 15.2. The second kappa shape index (κ2) is 6.87. The molecule has 0 radical (unpaired) electrons. The Morgan fingerprint density at radius 2 is 1.64 bits per heavy atom. The quantitative estimate of drug-likeness (QED) is 0.554. The number of ether oxygens (including phenoxy) is 1. The van der Waals surface area contributed by atoms with Crippen molar-refractivity contribution in [3.8, 4) is 0 Å². The molecule has 3 aromatic rings. The number of rotatable bonds is 6. The van der Waals surface area contributed by atoms with Gasteiger partial charge in [0.2, 0.25) is 0 Å². The maximum atomic E-state index is 10.8. The van der Waals surface area contributed by atoms with E-state index in [1.165, 1.54) is 5.39 Å². The van der Waals surface area contributed by atoms with Gasteiger partial charge in [-0.1, -0.05) is 66.7 Å². The highest BCUT2D eigenvalue weighted by molar-refractivity contribution is 5.83. The molecule has 0 heterocycles. The summed E-state index contributed by atoms with van der Waals surface area (Å²) in [6.07, 6.45) is -0.456. The number of carbonyl (C=O) groups excluding carboxylic acids is 1. The first-order valence-electron chi connectivity index (χ1n) is 7.22. The fourth-order valence-corrected chi connectivity index (χ4v) is 2.48. The lowest BCUT2D eigenvalue weighted by Crippen LogP contribution is -2.23. The van der Waals surface area contributed by atoms with Crippen LogP contribution in [0.1, 0.15) is 17.4 Å². The predicted molar refractivity (Wildman–Crippen MR) is 87.1 cm³/mol. The van der Waals surface area contributed by atoms with Crippen LogP contribution < -0.4 is 5.32 Å². The van der Waals surface area contributed by atoms with Crippen LogP contribution >= 0.6 is 0 Å². The van der Waals surface area contributed by atoms with Crippen molar-refractivity contribution in [1.29, 1.82) is 0 Å². The minimum Gasteiger partial charge on any atom is -0.444 e. The van der Waals surface area contributed by atoms with Crippen molar-refractivity contribution >= 4 is 17.2 Å². The van der Waals surface area contributed by atoms with Gasteiger partial charge in [0.15, 0.2) is 6.23 Å². The number of benzene rings is 3. The molecule has 0 bridgehead atoms. The summed E-state index contributed by atoms with van der Waals surface area (Å²) in [5.74, 6) is 0. The van der Waals surface area contributed by atoms with Crippen molar-refractivity contribution in [2.24, 2.45) is 0 Å². The Morgan fingerprint density at radius 1 is 0.909 bits per heavy atom. The summed E-state index contributed by atoms with van der Waals surface area (Å²) in [5, 5.41) is 5.56. The van der Waals surface area contributed by atoms with Crippen LogP contribution in [0.4, 0.5) is 0 Å². The van der Waals surface area contributed by atoms with E-state index in [0.29, 0.717) is 13.0 Å². The Bertz CT molecular complexity index is 755. The minimum absolute atomic E-state index is 0.456. The van der Waals surface area contributed by atoms with Gasteiger partial charge >= 0.3 is 0 Å². The molecule has 22 heavy (non-hydrogen) atoms. The molecule has 0 saturated carbocycles. The van der Waals surface area contributed by atoms with E-state index in [4.69, 9.17) is 4.74 Å². The Labute approximate surface area is 129 Å². The zero-order valence-corrected chi connectivity index (χ0v) is 12.1. The second-order valence-corrected chi connectivity index (χ2v) is 5.09. The predicted octanol–water partition coefficient (Wildman–Crippen LogP) is 3.80. The fraction of sp³-hybridized carbons (Fsp3) is 0.105. The van der Waals surface area contributed by atoms with Crippen molar-refractivity contribution in [3.05, 3.63) is 83.9 Å². The normalized spacial score (nSPS) is 12.0. The van der Waals surface area contributed by atoms with Crippen LogP contribution in [-0.4, -0.2) is 6.47 Å². The first-order valence-corrected chi connectivity index (χ1v) is 7.22. The highest BCUT2D eigenvalue weighted by atomic mass is 16.5. The Kier molecular flexibility index (Phi) is 4.47. The molecule has 1 N–H and O–H groups in total. The maximum absolute atomic E-state index is 10.8. The summed E-state index contributed by atoms with van der Waals surface area (Å²) in [7, 11) is 0. The lowest BCUT2D eigenvalue weighted by molar-refractivity contribution is -0.135. The van der Waals surface area contributed by atoms with E-state index in [2.05, 4.69) is 11.4 Å². The van der Waals surface area contributed by atoms with Gasteiger partial charge in [0, 0.05) is 12.1 Å². The van der Waals surface area contributed by atoms with Crippen molar-refractivity contribution < 1.29 is 9.53 Å². The molecule has 3 aromatic carbocycles. The number of fused-ring (bicyclic) bond motifs is 1. The van der Waals surface area contributed by atoms with Crippen LogP contribution in [-0.2, 0) is 16.1 Å². The van der Waals surface area contributed by atoms with Gasteiger partial charge in [-0.25, -0.2) is 0 Å². The average Bonchev–Trinajstić information content (AvgIpc) is 2.59. The lowest BCUT2D eigenvalue weighted by atomic mass is 10.1. The summed E-state index contributed by atoms with van der Waals surface area (Å²) >= 11 is 0. The molecular formula is C19H17NO2. The van der Waals surface area contributed by atoms with Crippen molar-refractivity contribution in [1.82, 2.24) is 5.32 Å². The molecule has 1 unspecified atom stereocenters. The molecule has 0 aliphatic heterocycles. The number of hydrogen-bond donors (Lipinski definition) is 1. The molecule has 0 aromatic heterocycles. The van der Waals surface area contributed by atoms with Gasteiger partial charge in [0.25, 0.3) is 6.47 Å². The third kappa shape index (κ3) is 3.32. The van der Waals surface area contributed by atoms with Gasteiger partial charge in [-0.2, -0.15) is 0 Å². The van der Waals surface area contributed by atoms with E-state index in [0.717, 1.165) is 16.5 Å². The van der Waals surface area contributed by atoms with E-state index in [1.54, 1.807) is 0 Å². The van der Waals surface area contributed by atoms with Crippen LogP contribution in [0, 0.1) is 0 Å². The van der Waals surface area contributed by atoms with Crippen LogP contribution in [0.5, 0.6) is 0 Å². The molecule has 1 atom stereocenters. The van der Waals surface area contributed by atoms with Gasteiger partial charge in [-0.15, -0.1) is 0 Å². The summed E-state index contributed by atoms with van der Waals surface area (Å²) < 4.78 is 5.21. The lowest BCUT2D eigenvalue weighted by Gasteiger charge is -2.18. The van der Waals surface area contributed by atoms with Crippen molar-refractivity contribution in [3.63, 3.8) is 0 Å². The zero-order valence-electron chi connectivity index (χ0n) is 12.1. The molecule has 0 saturated heterocycles. The molecule has 0 aliphatic rings. The van der Waals surface area contributed by atoms with Crippen LogP contribution in [0.25, 0.3) is 10.8 Å². The number of carbonyl (C=O) groups is 1. The Hall–Kier alpha value is -2.65. The largest absolute Gasteiger partial charge is 0.444 e. The summed E-state index contributed by atoms with van der Waals surface area (Å²) in [6.45, 7) is 1.12. The van der Waals surface area contributed by atoms with Crippen molar-refractivity contribution in [2.75, 3.05) is 0 Å². The Morgan fingerprint density at radius 3 is 2.41 bits per heavy atom. The molecule has 3 heteroatoms. The Balaban J connectivity index is 1.80. The molecule has 0 aliphatic carbocycles. The number of hydrogen-bond acceptors (Lipinski definition) is 3. The van der Waals surface area contributed by atoms with Gasteiger partial charge in [0.1, 0.15) is 0 Å². The second-order valence-electron chi connectivity index (χ2n) is 5.09. The maximum Gasteiger partial charge on any atom is 0.294 e. The van der Waals surface area contributed by atoms with E-state index in [-0.39, 0.29) is 0 Å². The summed E-state index contributed by atoms with van der Waals surface area (Å²) in [5.41, 5.74) is 2.07. The van der Waals surface area contributed by atoms with Crippen molar-refractivity contribution in [2.45, 2.75) is 12.8 Å². The average molecular weight is 291 g/mol. The molecule has 3 nitrogen and oxygen atoms in total. The first kappa shape index (κ1) is 14.3. The first-order chi connectivity index (χ1) is 10.9. The smallest absolute Gasteiger partial charge is 0.294 e. The standard InChI is InChI=1S/C19H17NO2/c21-14-22-19(20-13-15-6-2-1-3-7-15)18-11-10-16-8-4-5-9-17(16)12-18/h1-12,14,19-20H,13H2. The molecule has 0 fully saturated rings. The van der Waals surface area contributed by atoms with Crippen LogP contribution in [0.2, 0.25) is 0 Å². The highest BCUT2D eigenvalue weighted by Gasteiger charge is 2.12. The fourth-order valence-electron chi connectivity index (χ4n) is 2.48. The molecule has 3 rings (SSSR count). The van der Waals surface area contributed by atoms with E-state index in [9.17, 15) is 4.79 Å². The molecule has 0 spiro atoms. The van der Waals surface area contributed by atoms with Gasteiger partial charge in [0.05, 0.1) is 0 Å².